The summed E-state index contributed by atoms with van der Waals surface area (Å²) in [5, 5.41) is 13.0. The van der Waals surface area contributed by atoms with Crippen molar-refractivity contribution in [3.63, 3.8) is 0 Å². The van der Waals surface area contributed by atoms with E-state index in [1.165, 1.54) is 4.90 Å². The normalized spacial score (nSPS) is 26.3. The monoisotopic (exact) mass is 506 g/mol. The van der Waals surface area contributed by atoms with Gasteiger partial charge in [-0.2, -0.15) is 0 Å². The maximum Gasteiger partial charge on any atom is 0.326 e. The molecule has 2 aromatic carbocycles. The van der Waals surface area contributed by atoms with E-state index in [0.29, 0.717) is 31.6 Å². The van der Waals surface area contributed by atoms with Crippen LogP contribution in [0.3, 0.4) is 0 Å². The predicted octanol–water partition coefficient (Wildman–Crippen LogP) is 2.76. The van der Waals surface area contributed by atoms with Gasteiger partial charge in [-0.3, -0.25) is 9.59 Å². The fraction of sp³-hybridized carbons (Fsp3) is 0.483. The van der Waals surface area contributed by atoms with Gasteiger partial charge in [-0.15, -0.1) is 0 Å². The smallest absolute Gasteiger partial charge is 0.326 e. The lowest BCUT2D eigenvalue weighted by atomic mass is 9.94. The predicted molar refractivity (Wildman–Crippen MR) is 136 cm³/mol. The molecule has 8 nitrogen and oxygen atoms in total. The number of benzene rings is 2. The van der Waals surface area contributed by atoms with Gasteiger partial charge in [-0.25, -0.2) is 4.79 Å². The first-order valence-electron chi connectivity index (χ1n) is 13.0. The summed E-state index contributed by atoms with van der Waals surface area (Å²) in [5.41, 5.74) is 2.53. The second kappa shape index (κ2) is 10.2. The van der Waals surface area contributed by atoms with Crippen LogP contribution in [-0.4, -0.2) is 64.7 Å². The van der Waals surface area contributed by atoms with E-state index >= 15 is 0 Å². The summed E-state index contributed by atoms with van der Waals surface area (Å²) in [7, 11) is 0. The molecule has 2 amide bonds. The molecule has 0 saturated carbocycles. The lowest BCUT2D eigenvalue weighted by Gasteiger charge is -2.31. The molecule has 1 aliphatic carbocycles. The number of rotatable bonds is 2. The lowest BCUT2D eigenvalue weighted by Crippen LogP contribution is -2.55. The van der Waals surface area contributed by atoms with Gasteiger partial charge in [0, 0.05) is 19.4 Å². The van der Waals surface area contributed by atoms with Gasteiger partial charge in [-0.05, 0) is 61.4 Å². The van der Waals surface area contributed by atoms with Crippen molar-refractivity contribution in [3.8, 4) is 5.75 Å². The number of carbonyl (C=O) groups excluding carboxylic acids is 2. The lowest BCUT2D eigenvalue weighted by molar-refractivity contribution is -0.150. The summed E-state index contributed by atoms with van der Waals surface area (Å²) < 4.78 is 12.3. The first-order chi connectivity index (χ1) is 17.7. The highest BCUT2D eigenvalue weighted by atomic mass is 16.5. The third kappa shape index (κ3) is 5.64. The zero-order chi connectivity index (χ0) is 26.2. The largest absolute Gasteiger partial charge is 0.493 e. The molecule has 2 N–H and O–H groups in total. The van der Waals surface area contributed by atoms with Crippen LogP contribution in [0.25, 0.3) is 0 Å². The number of fused-ring (bicyclic) bond motifs is 5. The molecular weight excluding hydrogens is 472 g/mol. The molecule has 4 bridgehead atoms. The molecule has 1 saturated heterocycles. The Labute approximate surface area is 216 Å². The Morgan fingerprint density at radius 1 is 1.08 bits per heavy atom. The molecule has 2 aromatic rings. The van der Waals surface area contributed by atoms with Crippen molar-refractivity contribution in [3.05, 3.63) is 65.2 Å². The topological polar surface area (TPSA) is 105 Å². The van der Waals surface area contributed by atoms with E-state index < -0.39 is 29.8 Å². The molecule has 0 radical (unpaired) electrons. The Morgan fingerprint density at radius 3 is 2.51 bits per heavy atom. The Kier molecular flexibility index (Phi) is 6.94. The summed E-state index contributed by atoms with van der Waals surface area (Å²) in [6, 6.07) is 13.6. The SMILES string of the molecule is CC1(C)CCOc2cccc(c2)CC(=O)N[C@@H](C2Cc3ccccc3C2)C(=O)N2C[C@@H](C[C@H]2C(=O)O)O1. The van der Waals surface area contributed by atoms with E-state index in [1.807, 2.05) is 62.4 Å². The Balaban J connectivity index is 1.47. The van der Waals surface area contributed by atoms with Gasteiger partial charge in [0.15, 0.2) is 0 Å². The van der Waals surface area contributed by atoms with Gasteiger partial charge in [0.25, 0.3) is 0 Å². The van der Waals surface area contributed by atoms with E-state index in [1.54, 1.807) is 0 Å². The summed E-state index contributed by atoms with van der Waals surface area (Å²) in [4.78, 5) is 40.8. The molecule has 1 fully saturated rings. The maximum absolute atomic E-state index is 14.0. The quantitative estimate of drug-likeness (QED) is 0.649. The molecule has 0 spiro atoms. The van der Waals surface area contributed by atoms with E-state index in [0.717, 1.165) is 16.7 Å². The van der Waals surface area contributed by atoms with E-state index in [9.17, 15) is 19.5 Å². The molecule has 2 heterocycles. The van der Waals surface area contributed by atoms with Gasteiger partial charge in [-0.1, -0.05) is 36.4 Å². The van der Waals surface area contributed by atoms with E-state index in [4.69, 9.17) is 9.47 Å². The molecule has 3 aliphatic rings. The van der Waals surface area contributed by atoms with Crippen LogP contribution in [0, 0.1) is 5.92 Å². The minimum absolute atomic E-state index is 0.0975. The van der Waals surface area contributed by atoms with Crippen LogP contribution in [0.15, 0.2) is 48.5 Å². The highest BCUT2D eigenvalue weighted by molar-refractivity contribution is 5.92. The zero-order valence-corrected chi connectivity index (χ0v) is 21.3. The van der Waals surface area contributed by atoms with Gasteiger partial charge in [0.2, 0.25) is 11.8 Å². The molecule has 0 unspecified atom stereocenters. The molecule has 0 aromatic heterocycles. The van der Waals surface area contributed by atoms with Crippen molar-refractivity contribution in [1.82, 2.24) is 10.2 Å². The number of nitrogens with one attached hydrogen (secondary N) is 1. The Hall–Kier alpha value is -3.39. The highest BCUT2D eigenvalue weighted by Crippen LogP contribution is 2.32. The van der Waals surface area contributed by atoms with Crippen molar-refractivity contribution < 1.29 is 29.0 Å². The number of carboxylic acid groups (broad SMARTS) is 1. The molecule has 8 heteroatoms. The Morgan fingerprint density at radius 2 is 1.81 bits per heavy atom. The number of hydrogen-bond acceptors (Lipinski definition) is 5. The standard InChI is InChI=1S/C29H34N2O6/c1-29(2)10-11-36-22-9-5-6-18(12-22)13-25(32)30-26(21-14-19-7-3-4-8-20(19)15-21)27(33)31-17-23(37-29)16-24(31)28(34)35/h3-9,12,21,23-24,26H,10-11,13-17H2,1-2H3,(H,30,32)(H,34,35)/t23-,24+,26+/m1/s1. The molecular formula is C29H34N2O6. The summed E-state index contributed by atoms with van der Waals surface area (Å²) in [6.07, 6.45) is 1.76. The number of nitrogens with zero attached hydrogens (tertiary/aromatic N) is 1. The van der Waals surface area contributed by atoms with Crippen molar-refractivity contribution in [1.29, 1.82) is 0 Å². The summed E-state index contributed by atoms with van der Waals surface area (Å²) in [5.74, 6) is -1.18. The number of amides is 2. The third-order valence-corrected chi connectivity index (χ3v) is 7.69. The van der Waals surface area contributed by atoms with Gasteiger partial charge >= 0.3 is 5.97 Å². The highest BCUT2D eigenvalue weighted by Gasteiger charge is 2.46. The number of hydrogen-bond donors (Lipinski definition) is 2. The fourth-order valence-electron chi connectivity index (χ4n) is 5.83. The fourth-order valence-corrected chi connectivity index (χ4v) is 5.83. The van der Waals surface area contributed by atoms with Gasteiger partial charge in [0.1, 0.15) is 17.8 Å². The molecule has 37 heavy (non-hydrogen) atoms. The van der Waals surface area contributed by atoms with Crippen molar-refractivity contribution in [2.45, 2.75) is 69.7 Å². The summed E-state index contributed by atoms with van der Waals surface area (Å²) in [6.45, 7) is 4.49. The van der Waals surface area contributed by atoms with E-state index in [2.05, 4.69) is 5.32 Å². The zero-order valence-electron chi connectivity index (χ0n) is 21.3. The minimum Gasteiger partial charge on any atom is -0.493 e. The van der Waals surface area contributed by atoms with Crippen LogP contribution >= 0.6 is 0 Å². The number of carbonyl (C=O) groups is 3. The van der Waals surface area contributed by atoms with Crippen LogP contribution < -0.4 is 10.1 Å². The van der Waals surface area contributed by atoms with E-state index in [-0.39, 0.29) is 37.1 Å². The van der Waals surface area contributed by atoms with Crippen LogP contribution in [0.5, 0.6) is 5.75 Å². The van der Waals surface area contributed by atoms with Crippen LogP contribution in [0.2, 0.25) is 0 Å². The van der Waals surface area contributed by atoms with Crippen LogP contribution in [-0.2, 0) is 38.4 Å². The molecule has 3 atom stereocenters. The van der Waals surface area contributed by atoms with Crippen molar-refractivity contribution >= 4 is 17.8 Å². The number of carboxylic acids is 1. The minimum atomic E-state index is -1.06. The van der Waals surface area contributed by atoms with Gasteiger partial charge in [0.05, 0.1) is 24.7 Å². The van der Waals surface area contributed by atoms with Crippen molar-refractivity contribution in [2.75, 3.05) is 13.2 Å². The molecule has 5 rings (SSSR count). The Bertz CT molecular complexity index is 1170. The second-order valence-corrected chi connectivity index (χ2v) is 11.0. The first kappa shape index (κ1) is 25.3. The average molecular weight is 507 g/mol. The van der Waals surface area contributed by atoms with Crippen LogP contribution in [0.4, 0.5) is 0 Å². The average Bonchev–Trinajstić information content (AvgIpc) is 3.46. The molecule has 2 aliphatic heterocycles. The third-order valence-electron chi connectivity index (χ3n) is 7.69. The van der Waals surface area contributed by atoms with Crippen molar-refractivity contribution in [2.24, 2.45) is 5.92 Å². The number of aliphatic carboxylic acids is 1. The maximum atomic E-state index is 14.0. The van der Waals surface area contributed by atoms with Gasteiger partial charge < -0.3 is 24.8 Å². The molecule has 196 valence electrons. The second-order valence-electron chi connectivity index (χ2n) is 11.0. The number of ether oxygens (including phenoxy) is 2. The van der Waals surface area contributed by atoms with Crippen LogP contribution in [0.1, 0.15) is 43.4 Å². The summed E-state index contributed by atoms with van der Waals surface area (Å²) >= 11 is 0. The first-order valence-corrected chi connectivity index (χ1v) is 13.0.